The lowest BCUT2D eigenvalue weighted by atomic mass is 10.1. The number of fused-ring (bicyclic) bond motifs is 1. The third-order valence-corrected chi connectivity index (χ3v) is 6.34. The smallest absolute Gasteiger partial charge is 0.407 e. The number of ether oxygens (including phenoxy) is 1. The number of aromatic carboxylic acids is 1. The van der Waals surface area contributed by atoms with Gasteiger partial charge in [-0.05, 0) is 45.6 Å². The van der Waals surface area contributed by atoms with Crippen LogP contribution >= 0.6 is 11.6 Å². The molecule has 2 aromatic rings. The highest BCUT2D eigenvalue weighted by atomic mass is 35.5. The van der Waals surface area contributed by atoms with Gasteiger partial charge in [-0.15, -0.1) is 0 Å². The molecule has 178 valence electrons. The first-order valence-corrected chi connectivity index (χ1v) is 11.3. The highest BCUT2D eigenvalue weighted by molar-refractivity contribution is 6.38. The second-order valence-electron chi connectivity index (χ2n) is 9.87. The van der Waals surface area contributed by atoms with Crippen molar-refractivity contribution in [2.45, 2.75) is 58.2 Å². The summed E-state index contributed by atoms with van der Waals surface area (Å²) in [4.78, 5) is 38.3. The number of nitrogens with zero attached hydrogens (tertiary/aromatic N) is 2. The van der Waals surface area contributed by atoms with Gasteiger partial charge in [0.2, 0.25) is 5.43 Å². The topological polar surface area (TPSA) is 101 Å². The van der Waals surface area contributed by atoms with Crippen LogP contribution in [0.3, 0.4) is 0 Å². The maximum Gasteiger partial charge on any atom is 0.407 e. The monoisotopic (exact) mass is 479 g/mol. The first-order valence-electron chi connectivity index (χ1n) is 10.9. The van der Waals surface area contributed by atoms with E-state index in [0.29, 0.717) is 18.6 Å². The van der Waals surface area contributed by atoms with E-state index in [-0.39, 0.29) is 34.1 Å². The van der Waals surface area contributed by atoms with Crippen LogP contribution in [0.1, 0.15) is 56.9 Å². The Bertz CT molecular complexity index is 1200. The summed E-state index contributed by atoms with van der Waals surface area (Å²) in [5.41, 5.74) is -1.33. The van der Waals surface area contributed by atoms with Gasteiger partial charge in [0.25, 0.3) is 0 Å². The average Bonchev–Trinajstić information content (AvgIpc) is 3.45. The molecule has 33 heavy (non-hydrogen) atoms. The minimum Gasteiger partial charge on any atom is -0.477 e. The molecule has 10 heteroatoms. The van der Waals surface area contributed by atoms with E-state index in [2.05, 4.69) is 5.32 Å². The SMILES string of the molecule is CC1CN(c2c(F)cc3c(=O)c(C(=O)O)cn(C4CC4)c3c2Cl)CC1NC(=O)OC(C)(C)C. The van der Waals surface area contributed by atoms with Crippen LogP contribution < -0.4 is 15.6 Å². The molecule has 0 spiro atoms. The number of pyridine rings is 1. The van der Waals surface area contributed by atoms with Gasteiger partial charge in [-0.3, -0.25) is 4.79 Å². The molecule has 2 atom stereocenters. The number of hydrogen-bond donors (Lipinski definition) is 2. The molecule has 0 radical (unpaired) electrons. The van der Waals surface area contributed by atoms with Crippen LogP contribution in [0.2, 0.25) is 5.02 Å². The molecule has 1 aliphatic heterocycles. The third kappa shape index (κ3) is 4.51. The Balaban J connectivity index is 1.73. The Labute approximate surface area is 195 Å². The Morgan fingerprint density at radius 3 is 2.52 bits per heavy atom. The van der Waals surface area contributed by atoms with Gasteiger partial charge in [-0.1, -0.05) is 18.5 Å². The van der Waals surface area contributed by atoms with Crippen molar-refractivity contribution < 1.29 is 23.8 Å². The molecule has 2 N–H and O–H groups in total. The maximum absolute atomic E-state index is 15.3. The Hall–Kier alpha value is -2.81. The highest BCUT2D eigenvalue weighted by Crippen LogP contribution is 2.43. The van der Waals surface area contributed by atoms with Gasteiger partial charge in [0, 0.05) is 25.3 Å². The van der Waals surface area contributed by atoms with E-state index in [0.717, 1.165) is 18.9 Å². The zero-order chi connectivity index (χ0) is 24.2. The number of benzene rings is 1. The molecule has 2 fully saturated rings. The highest BCUT2D eigenvalue weighted by Gasteiger charge is 2.36. The molecule has 1 aliphatic carbocycles. The molecule has 8 nitrogen and oxygen atoms in total. The van der Waals surface area contributed by atoms with Gasteiger partial charge in [0.1, 0.15) is 17.0 Å². The fraction of sp³-hybridized carbons (Fsp3) is 0.522. The van der Waals surface area contributed by atoms with E-state index in [1.54, 1.807) is 30.2 Å². The summed E-state index contributed by atoms with van der Waals surface area (Å²) in [5.74, 6) is -2.08. The molecule has 2 unspecified atom stereocenters. The van der Waals surface area contributed by atoms with Crippen molar-refractivity contribution in [1.29, 1.82) is 0 Å². The normalized spacial score (nSPS) is 20.8. The van der Waals surface area contributed by atoms with Crippen molar-refractivity contribution in [2.24, 2.45) is 5.92 Å². The first kappa shape index (κ1) is 23.4. The summed E-state index contributed by atoms with van der Waals surface area (Å²) >= 11 is 6.70. The number of alkyl carbamates (subject to hydrolysis) is 1. The van der Waals surface area contributed by atoms with Crippen LogP contribution in [0, 0.1) is 11.7 Å². The average molecular weight is 480 g/mol. The number of hydrogen-bond acceptors (Lipinski definition) is 5. The van der Waals surface area contributed by atoms with Crippen molar-refractivity contribution in [2.75, 3.05) is 18.0 Å². The van der Waals surface area contributed by atoms with Crippen LogP contribution in [0.4, 0.5) is 14.9 Å². The molecule has 4 rings (SSSR count). The van der Waals surface area contributed by atoms with Gasteiger partial charge < -0.3 is 24.6 Å². The number of halogens is 2. The van der Waals surface area contributed by atoms with E-state index in [1.807, 2.05) is 6.92 Å². The predicted octanol–water partition coefficient (Wildman–Crippen LogP) is 4.18. The van der Waals surface area contributed by atoms with Gasteiger partial charge in [-0.2, -0.15) is 0 Å². The number of amides is 1. The van der Waals surface area contributed by atoms with Crippen molar-refractivity contribution in [3.8, 4) is 0 Å². The molecule has 2 heterocycles. The fourth-order valence-electron chi connectivity index (χ4n) is 4.31. The van der Waals surface area contributed by atoms with E-state index < -0.39 is 34.5 Å². The zero-order valence-electron chi connectivity index (χ0n) is 18.9. The Morgan fingerprint density at radius 1 is 1.27 bits per heavy atom. The summed E-state index contributed by atoms with van der Waals surface area (Å²) in [6.07, 6.45) is 2.40. The van der Waals surface area contributed by atoms with Crippen molar-refractivity contribution in [3.05, 3.63) is 38.9 Å². The van der Waals surface area contributed by atoms with Crippen LogP contribution in [0.5, 0.6) is 0 Å². The van der Waals surface area contributed by atoms with Crippen molar-refractivity contribution >= 4 is 40.3 Å². The van der Waals surface area contributed by atoms with Crippen LogP contribution in [-0.2, 0) is 4.74 Å². The molecule has 1 aromatic heterocycles. The molecular formula is C23H27ClFN3O5. The van der Waals surface area contributed by atoms with E-state index in [9.17, 15) is 19.5 Å². The van der Waals surface area contributed by atoms with E-state index in [4.69, 9.17) is 16.3 Å². The van der Waals surface area contributed by atoms with Crippen LogP contribution in [0.25, 0.3) is 10.9 Å². The van der Waals surface area contributed by atoms with Crippen LogP contribution in [-0.4, -0.2) is 46.5 Å². The van der Waals surface area contributed by atoms with E-state index in [1.165, 1.54) is 6.20 Å². The Kier molecular flexibility index (Phi) is 5.80. The van der Waals surface area contributed by atoms with Gasteiger partial charge in [0.15, 0.2) is 0 Å². The van der Waals surface area contributed by atoms with Crippen molar-refractivity contribution in [1.82, 2.24) is 9.88 Å². The molecule has 1 amide bonds. The standard InChI is InChI=1S/C23H27ClFN3O5/c1-11-8-27(10-16(11)26-22(32)33-23(2,3)4)19-15(25)7-13-18(17(19)24)28(12-5-6-12)9-14(20(13)29)21(30)31/h7,9,11-12,16H,5-6,8,10H2,1-4H3,(H,26,32)(H,30,31). The largest absolute Gasteiger partial charge is 0.477 e. The molecule has 1 aromatic carbocycles. The molecule has 2 aliphatic rings. The number of carbonyl (C=O) groups excluding carboxylic acids is 1. The summed E-state index contributed by atoms with van der Waals surface area (Å²) in [5, 5.41) is 12.3. The van der Waals surface area contributed by atoms with Crippen molar-refractivity contribution in [3.63, 3.8) is 0 Å². The Morgan fingerprint density at radius 2 is 1.94 bits per heavy atom. The second-order valence-corrected chi connectivity index (χ2v) is 10.2. The van der Waals surface area contributed by atoms with Crippen LogP contribution in [0.15, 0.2) is 17.1 Å². The predicted molar refractivity (Wildman–Crippen MR) is 123 cm³/mol. The maximum atomic E-state index is 15.3. The summed E-state index contributed by atoms with van der Waals surface area (Å²) in [7, 11) is 0. The fourth-order valence-corrected chi connectivity index (χ4v) is 4.72. The molecular weight excluding hydrogens is 453 g/mol. The minimum absolute atomic E-state index is 0.0105. The van der Waals surface area contributed by atoms with Gasteiger partial charge in [-0.25, -0.2) is 14.0 Å². The number of rotatable bonds is 4. The lowest BCUT2D eigenvalue weighted by molar-refractivity contribution is 0.0499. The zero-order valence-corrected chi connectivity index (χ0v) is 19.7. The van der Waals surface area contributed by atoms with Gasteiger partial charge >= 0.3 is 12.1 Å². The summed E-state index contributed by atoms with van der Waals surface area (Å²) in [6, 6.07) is 0.802. The van der Waals surface area contributed by atoms with E-state index >= 15 is 4.39 Å². The number of aromatic nitrogens is 1. The quantitative estimate of drug-likeness (QED) is 0.682. The minimum atomic E-state index is -1.36. The second kappa shape index (κ2) is 8.20. The lowest BCUT2D eigenvalue weighted by Crippen LogP contribution is -2.42. The number of carbonyl (C=O) groups is 2. The lowest BCUT2D eigenvalue weighted by Gasteiger charge is -2.24. The van der Waals surface area contributed by atoms with Gasteiger partial charge in [0.05, 0.1) is 27.7 Å². The number of anilines is 1. The summed E-state index contributed by atoms with van der Waals surface area (Å²) < 4.78 is 22.3. The molecule has 1 saturated heterocycles. The number of nitrogens with one attached hydrogen (secondary N) is 1. The summed E-state index contributed by atoms with van der Waals surface area (Å²) in [6.45, 7) is 8.00. The number of carboxylic acid groups (broad SMARTS) is 1. The molecule has 0 bridgehead atoms. The number of carboxylic acids is 1. The third-order valence-electron chi connectivity index (χ3n) is 5.99. The molecule has 1 saturated carbocycles. The first-order chi connectivity index (χ1) is 15.4.